The molecule has 0 amide bonds. The van der Waals surface area contributed by atoms with Crippen LogP contribution in [0.3, 0.4) is 0 Å². The van der Waals surface area contributed by atoms with E-state index >= 15 is 0 Å². The summed E-state index contributed by atoms with van der Waals surface area (Å²) in [6, 6.07) is 18.9. The Morgan fingerprint density at radius 1 is 1.00 bits per heavy atom. The fourth-order valence-corrected chi connectivity index (χ4v) is 4.84. The van der Waals surface area contributed by atoms with Crippen LogP contribution in [0.2, 0.25) is 5.02 Å². The van der Waals surface area contributed by atoms with Gasteiger partial charge in [0.2, 0.25) is 0 Å². The van der Waals surface area contributed by atoms with Crippen LogP contribution in [0.5, 0.6) is 0 Å². The zero-order chi connectivity index (χ0) is 27.7. The number of hydrogen-bond donors (Lipinski definition) is 2. The fraction of sp³-hybridized carbons (Fsp3) is 0.154. The van der Waals surface area contributed by atoms with Gasteiger partial charge in [-0.2, -0.15) is 8.78 Å². The van der Waals surface area contributed by atoms with Crippen LogP contribution >= 0.6 is 19.2 Å². The molecular formula is C26H22ClF2N2O6P. The summed E-state index contributed by atoms with van der Waals surface area (Å²) in [5, 5.41) is -0.545. The fourth-order valence-electron chi connectivity index (χ4n) is 3.94. The van der Waals surface area contributed by atoms with Crippen molar-refractivity contribution in [3.05, 3.63) is 117 Å². The number of alkyl halides is 2. The lowest BCUT2D eigenvalue weighted by Crippen LogP contribution is -2.25. The van der Waals surface area contributed by atoms with Crippen LogP contribution in [-0.4, -0.2) is 32.0 Å². The van der Waals surface area contributed by atoms with Gasteiger partial charge in [0.05, 0.1) is 42.0 Å². The highest BCUT2D eigenvalue weighted by atomic mass is 35.5. The van der Waals surface area contributed by atoms with Crippen molar-refractivity contribution in [2.75, 3.05) is 7.11 Å². The SMILES string of the molecule is COC(=O)c1ccc(-c2cn(Cc3ccccc3)c(=O)n2Cc2ccc(C(F)(F)P(=O)(O)O)c(Cl)c2)cc1. The van der Waals surface area contributed by atoms with Crippen molar-refractivity contribution in [1.82, 2.24) is 9.13 Å². The van der Waals surface area contributed by atoms with E-state index in [2.05, 4.69) is 0 Å². The van der Waals surface area contributed by atoms with Gasteiger partial charge in [-0.15, -0.1) is 0 Å². The van der Waals surface area contributed by atoms with E-state index in [1.165, 1.54) is 22.3 Å². The lowest BCUT2D eigenvalue weighted by molar-refractivity contribution is 0.0565. The summed E-state index contributed by atoms with van der Waals surface area (Å²) in [7, 11) is -4.54. The molecule has 198 valence electrons. The summed E-state index contributed by atoms with van der Waals surface area (Å²) in [6.45, 7) is 0.199. The number of aromatic nitrogens is 2. The van der Waals surface area contributed by atoms with E-state index in [1.54, 1.807) is 30.5 Å². The number of esters is 1. The number of rotatable bonds is 8. The maximum atomic E-state index is 14.2. The molecule has 0 spiro atoms. The summed E-state index contributed by atoms with van der Waals surface area (Å²) in [5.41, 5.74) is -3.21. The van der Waals surface area contributed by atoms with Crippen LogP contribution in [0.15, 0.2) is 83.8 Å². The first-order valence-corrected chi connectivity index (χ1v) is 13.2. The third-order valence-corrected chi connectivity index (χ3v) is 7.19. The minimum atomic E-state index is -5.81. The molecule has 0 radical (unpaired) electrons. The second-order valence-corrected chi connectivity index (χ2v) is 10.5. The summed E-state index contributed by atoms with van der Waals surface area (Å²) in [5.74, 6) is -0.516. The molecule has 38 heavy (non-hydrogen) atoms. The molecular weight excluding hydrogens is 541 g/mol. The Labute approximate surface area is 220 Å². The number of halogens is 3. The van der Waals surface area contributed by atoms with E-state index in [0.29, 0.717) is 22.4 Å². The number of nitrogens with zero attached hydrogens (tertiary/aromatic N) is 2. The Bertz CT molecular complexity index is 1580. The second kappa shape index (κ2) is 10.7. The maximum Gasteiger partial charge on any atom is 0.399 e. The number of ether oxygens (including phenoxy) is 1. The molecule has 8 nitrogen and oxygen atoms in total. The zero-order valence-corrected chi connectivity index (χ0v) is 21.6. The molecule has 0 aliphatic rings. The first-order valence-electron chi connectivity index (χ1n) is 11.2. The van der Waals surface area contributed by atoms with Crippen LogP contribution in [0.4, 0.5) is 8.78 Å². The Morgan fingerprint density at radius 2 is 1.66 bits per heavy atom. The van der Waals surface area contributed by atoms with Gasteiger partial charge in [0, 0.05) is 6.20 Å². The number of imidazole rings is 1. The van der Waals surface area contributed by atoms with Crippen molar-refractivity contribution in [2.24, 2.45) is 0 Å². The van der Waals surface area contributed by atoms with Gasteiger partial charge in [0.25, 0.3) is 0 Å². The van der Waals surface area contributed by atoms with Gasteiger partial charge >= 0.3 is 24.9 Å². The largest absolute Gasteiger partial charge is 0.465 e. The molecule has 0 saturated heterocycles. The highest BCUT2D eigenvalue weighted by molar-refractivity contribution is 7.52. The summed E-state index contributed by atoms with van der Waals surface area (Å²) in [4.78, 5) is 43.3. The van der Waals surface area contributed by atoms with Gasteiger partial charge in [-0.25, -0.2) is 9.59 Å². The summed E-state index contributed by atoms with van der Waals surface area (Å²) in [6.07, 6.45) is 1.65. The van der Waals surface area contributed by atoms with Crippen LogP contribution in [0.25, 0.3) is 11.3 Å². The van der Waals surface area contributed by atoms with Crippen molar-refractivity contribution in [1.29, 1.82) is 0 Å². The summed E-state index contributed by atoms with van der Waals surface area (Å²) >= 11 is 6.00. The Hall–Kier alpha value is -3.56. The molecule has 0 atom stereocenters. The minimum Gasteiger partial charge on any atom is -0.465 e. The predicted molar refractivity (Wildman–Crippen MR) is 138 cm³/mol. The predicted octanol–water partition coefficient (Wildman–Crippen LogP) is 5.08. The molecule has 0 aliphatic carbocycles. The van der Waals surface area contributed by atoms with Crippen molar-refractivity contribution in [3.63, 3.8) is 0 Å². The van der Waals surface area contributed by atoms with Crippen molar-refractivity contribution in [3.8, 4) is 11.3 Å². The second-order valence-electron chi connectivity index (χ2n) is 8.46. The average Bonchev–Trinajstić information content (AvgIpc) is 3.18. The van der Waals surface area contributed by atoms with Gasteiger partial charge in [-0.1, -0.05) is 66.2 Å². The molecule has 0 bridgehead atoms. The van der Waals surface area contributed by atoms with Gasteiger partial charge < -0.3 is 14.5 Å². The lowest BCUT2D eigenvalue weighted by atomic mass is 10.1. The van der Waals surface area contributed by atoms with E-state index < -0.39 is 29.8 Å². The normalized spacial score (nSPS) is 11.9. The van der Waals surface area contributed by atoms with Crippen molar-refractivity contribution < 1.29 is 32.7 Å². The lowest BCUT2D eigenvalue weighted by Gasteiger charge is -2.19. The monoisotopic (exact) mass is 562 g/mol. The third kappa shape index (κ3) is 5.49. The molecule has 0 unspecified atom stereocenters. The summed E-state index contributed by atoms with van der Waals surface area (Å²) < 4.78 is 47.4. The molecule has 0 saturated carbocycles. The van der Waals surface area contributed by atoms with E-state index in [0.717, 1.165) is 17.7 Å². The van der Waals surface area contributed by atoms with Gasteiger partial charge in [-0.3, -0.25) is 13.7 Å². The van der Waals surface area contributed by atoms with Gasteiger partial charge in [0.15, 0.2) is 0 Å². The first kappa shape index (κ1) is 27.5. The van der Waals surface area contributed by atoms with Crippen LogP contribution in [0, 0.1) is 0 Å². The van der Waals surface area contributed by atoms with Crippen molar-refractivity contribution >= 4 is 25.2 Å². The van der Waals surface area contributed by atoms with E-state index in [4.69, 9.17) is 26.1 Å². The Kier molecular flexibility index (Phi) is 7.71. The standard InChI is InChI=1S/C26H22ClF2N2O6P/c1-37-24(32)20-10-8-19(9-11-20)23-16-30(14-17-5-3-2-4-6-17)25(33)31(23)15-18-7-12-21(22(27)13-18)26(28,29)38(34,35)36/h2-13,16H,14-15H2,1H3,(H2,34,35,36). The van der Waals surface area contributed by atoms with E-state index in [1.807, 2.05) is 30.3 Å². The molecule has 3 aromatic carbocycles. The average molecular weight is 563 g/mol. The highest BCUT2D eigenvalue weighted by Crippen LogP contribution is 2.60. The number of hydrogen-bond acceptors (Lipinski definition) is 4. The number of carbonyl (C=O) groups excluding carboxylic acids is 1. The Balaban J connectivity index is 1.76. The molecule has 0 aliphatic heterocycles. The quantitative estimate of drug-likeness (QED) is 0.229. The van der Waals surface area contributed by atoms with Crippen LogP contribution in [0.1, 0.15) is 27.0 Å². The van der Waals surface area contributed by atoms with Gasteiger partial charge in [-0.05, 0) is 34.9 Å². The smallest absolute Gasteiger partial charge is 0.399 e. The first-order chi connectivity index (χ1) is 17.9. The zero-order valence-electron chi connectivity index (χ0n) is 19.9. The third-order valence-electron chi connectivity index (χ3n) is 5.91. The molecule has 2 N–H and O–H groups in total. The molecule has 0 fully saturated rings. The van der Waals surface area contributed by atoms with Crippen LogP contribution < -0.4 is 5.69 Å². The van der Waals surface area contributed by atoms with Gasteiger partial charge in [0.1, 0.15) is 0 Å². The van der Waals surface area contributed by atoms with Crippen molar-refractivity contribution in [2.45, 2.75) is 18.8 Å². The number of carbonyl (C=O) groups is 1. The maximum absolute atomic E-state index is 14.2. The molecule has 1 aromatic heterocycles. The molecule has 4 rings (SSSR count). The van der Waals surface area contributed by atoms with Crippen LogP contribution in [-0.2, 0) is 28.1 Å². The topological polar surface area (TPSA) is 111 Å². The van der Waals surface area contributed by atoms with E-state index in [-0.39, 0.29) is 18.8 Å². The molecule has 4 aromatic rings. The van der Waals surface area contributed by atoms with E-state index in [9.17, 15) is 22.9 Å². The number of methoxy groups -OCH3 is 1. The molecule has 12 heteroatoms. The molecule has 1 heterocycles. The minimum absolute atomic E-state index is 0.0732. The highest BCUT2D eigenvalue weighted by Gasteiger charge is 2.51. The number of benzene rings is 3. The Morgan fingerprint density at radius 3 is 2.24 bits per heavy atom.